The fourth-order valence-corrected chi connectivity index (χ4v) is 3.72. The Kier molecular flexibility index (Phi) is 11.0. The Labute approximate surface area is 199 Å². The van der Waals surface area contributed by atoms with E-state index in [1.54, 1.807) is 0 Å². The molecule has 2 N–H and O–H groups in total. The fourth-order valence-electron chi connectivity index (χ4n) is 3.46. The minimum Gasteiger partial charge on any atom is -0.357 e. The molecule has 1 aliphatic rings. The molecule has 6 nitrogen and oxygen atoms in total. The van der Waals surface area contributed by atoms with E-state index < -0.39 is 0 Å². The maximum Gasteiger partial charge on any atom is 0.191 e. The summed E-state index contributed by atoms with van der Waals surface area (Å²) in [6, 6.07) is 9.14. The van der Waals surface area contributed by atoms with E-state index in [0.717, 1.165) is 69.0 Å². The number of benzene rings is 1. The molecular weight excluding hydrogens is 543 g/mol. The molecule has 0 amide bonds. The summed E-state index contributed by atoms with van der Waals surface area (Å²) in [5, 5.41) is 7.01. The van der Waals surface area contributed by atoms with Gasteiger partial charge >= 0.3 is 0 Å². The van der Waals surface area contributed by atoms with E-state index in [1.165, 1.54) is 5.56 Å². The molecule has 1 aliphatic heterocycles. The normalized spacial score (nSPS) is 15.7. The van der Waals surface area contributed by atoms with Crippen LogP contribution in [0.25, 0.3) is 0 Å². The van der Waals surface area contributed by atoms with Crippen LogP contribution in [-0.2, 0) is 13.1 Å². The second-order valence-corrected chi connectivity index (χ2v) is 8.15. The first-order valence-electron chi connectivity index (χ1n) is 10.2. The summed E-state index contributed by atoms with van der Waals surface area (Å²) in [6.07, 6.45) is 8.98. The third-order valence-corrected chi connectivity index (χ3v) is 5.52. The summed E-state index contributed by atoms with van der Waals surface area (Å²) in [5.74, 6) is 0.944. The van der Waals surface area contributed by atoms with Gasteiger partial charge in [0, 0.05) is 62.2 Å². The average molecular weight is 575 g/mol. The highest BCUT2D eigenvalue weighted by Crippen LogP contribution is 2.16. The summed E-state index contributed by atoms with van der Waals surface area (Å²) in [4.78, 5) is 11.4. The van der Waals surface area contributed by atoms with Crippen molar-refractivity contribution >= 4 is 45.9 Å². The highest BCUT2D eigenvalue weighted by Gasteiger charge is 2.20. The van der Waals surface area contributed by atoms with Gasteiger partial charge in [0.25, 0.3) is 0 Å². The van der Waals surface area contributed by atoms with Crippen LogP contribution in [0, 0.1) is 0 Å². The predicted molar refractivity (Wildman–Crippen MR) is 134 cm³/mol. The lowest BCUT2D eigenvalue weighted by atomic mass is 10.0. The van der Waals surface area contributed by atoms with Crippen LogP contribution in [0.3, 0.4) is 0 Å². The van der Waals surface area contributed by atoms with Crippen LogP contribution >= 0.6 is 39.9 Å². The Morgan fingerprint density at radius 1 is 1.24 bits per heavy atom. The van der Waals surface area contributed by atoms with Gasteiger partial charge in [-0.05, 0) is 43.9 Å². The number of guanidine groups is 1. The average Bonchev–Trinajstić information content (AvgIpc) is 3.22. The van der Waals surface area contributed by atoms with E-state index in [-0.39, 0.29) is 24.0 Å². The number of hydrogen-bond donors (Lipinski definition) is 2. The molecule has 1 fully saturated rings. The van der Waals surface area contributed by atoms with Gasteiger partial charge in [0.2, 0.25) is 0 Å². The van der Waals surface area contributed by atoms with Crippen molar-refractivity contribution in [2.45, 2.75) is 45.3 Å². The van der Waals surface area contributed by atoms with E-state index in [1.807, 2.05) is 18.7 Å². The highest BCUT2D eigenvalue weighted by atomic mass is 127. The molecule has 0 aliphatic carbocycles. The first-order valence-corrected chi connectivity index (χ1v) is 11.0. The summed E-state index contributed by atoms with van der Waals surface area (Å²) in [7, 11) is 0. The van der Waals surface area contributed by atoms with Gasteiger partial charge in [-0.1, -0.05) is 28.1 Å². The lowest BCUT2D eigenvalue weighted by molar-refractivity contribution is 0.198. The van der Waals surface area contributed by atoms with Gasteiger partial charge in [-0.2, -0.15) is 0 Å². The molecule has 0 spiro atoms. The minimum atomic E-state index is 0. The lowest BCUT2D eigenvalue weighted by Crippen LogP contribution is -2.48. The number of nitrogens with zero attached hydrogens (tertiary/aromatic N) is 4. The van der Waals surface area contributed by atoms with Crippen molar-refractivity contribution in [3.05, 3.63) is 53.0 Å². The van der Waals surface area contributed by atoms with Crippen molar-refractivity contribution in [3.63, 3.8) is 0 Å². The molecular formula is C21H32BrIN6. The third-order valence-electron chi connectivity index (χ3n) is 5.00. The van der Waals surface area contributed by atoms with Crippen molar-refractivity contribution in [2.75, 3.05) is 26.2 Å². The fraction of sp³-hybridized carbons (Fsp3) is 0.524. The molecule has 2 aromatic rings. The van der Waals surface area contributed by atoms with Crippen LogP contribution in [0.2, 0.25) is 0 Å². The Bertz CT molecular complexity index is 711. The molecule has 0 bridgehead atoms. The van der Waals surface area contributed by atoms with E-state index in [2.05, 4.69) is 72.2 Å². The topological polar surface area (TPSA) is 57.5 Å². The number of likely N-dealkylation sites (tertiary alicyclic amines) is 1. The van der Waals surface area contributed by atoms with Gasteiger partial charge in [-0.3, -0.25) is 9.89 Å². The highest BCUT2D eigenvalue weighted by molar-refractivity contribution is 14.0. The van der Waals surface area contributed by atoms with E-state index >= 15 is 0 Å². The molecule has 0 radical (unpaired) electrons. The zero-order chi connectivity index (χ0) is 19.6. The third kappa shape index (κ3) is 8.64. The van der Waals surface area contributed by atoms with E-state index in [0.29, 0.717) is 6.04 Å². The van der Waals surface area contributed by atoms with Crippen molar-refractivity contribution in [1.29, 1.82) is 0 Å². The number of imidazole rings is 1. The van der Waals surface area contributed by atoms with Gasteiger partial charge in [0.15, 0.2) is 5.96 Å². The van der Waals surface area contributed by atoms with E-state index in [4.69, 9.17) is 4.99 Å². The van der Waals surface area contributed by atoms with Crippen LogP contribution in [0.5, 0.6) is 0 Å². The maximum absolute atomic E-state index is 4.74. The number of aryl methyl sites for hydroxylation is 1. The van der Waals surface area contributed by atoms with Gasteiger partial charge < -0.3 is 15.2 Å². The second kappa shape index (κ2) is 13.2. The van der Waals surface area contributed by atoms with Gasteiger partial charge in [0.1, 0.15) is 0 Å². The molecule has 29 heavy (non-hydrogen) atoms. The molecule has 160 valence electrons. The quantitative estimate of drug-likeness (QED) is 0.217. The molecule has 1 saturated heterocycles. The Morgan fingerprint density at radius 2 is 2.00 bits per heavy atom. The Balaban J connectivity index is 0.00000300. The number of rotatable bonds is 8. The molecule has 2 heterocycles. The smallest absolute Gasteiger partial charge is 0.191 e. The zero-order valence-electron chi connectivity index (χ0n) is 17.1. The summed E-state index contributed by atoms with van der Waals surface area (Å²) in [5.41, 5.74) is 1.38. The lowest BCUT2D eigenvalue weighted by Gasteiger charge is -2.33. The second-order valence-electron chi connectivity index (χ2n) is 7.24. The van der Waals surface area contributed by atoms with E-state index in [9.17, 15) is 0 Å². The first kappa shape index (κ1) is 24.1. The predicted octanol–water partition coefficient (Wildman–Crippen LogP) is 3.87. The SMILES string of the molecule is CCNC(=NCCCn1ccnc1)NC1CCN(Cc2ccc(Br)cc2)CC1.I. The number of aromatic nitrogens is 2. The molecule has 1 aromatic carbocycles. The zero-order valence-corrected chi connectivity index (χ0v) is 21.0. The number of hydrogen-bond acceptors (Lipinski definition) is 3. The van der Waals surface area contributed by atoms with Gasteiger partial charge in [-0.25, -0.2) is 4.98 Å². The van der Waals surface area contributed by atoms with Crippen molar-refractivity contribution < 1.29 is 0 Å². The number of halogens is 2. The van der Waals surface area contributed by atoms with Crippen LogP contribution in [0.1, 0.15) is 31.7 Å². The summed E-state index contributed by atoms with van der Waals surface area (Å²) < 4.78 is 3.23. The Hall–Kier alpha value is -1.13. The van der Waals surface area contributed by atoms with Gasteiger partial charge in [0.05, 0.1) is 6.33 Å². The monoisotopic (exact) mass is 574 g/mol. The Morgan fingerprint density at radius 3 is 2.66 bits per heavy atom. The molecule has 0 saturated carbocycles. The molecule has 3 rings (SSSR count). The summed E-state index contributed by atoms with van der Waals surface area (Å²) >= 11 is 3.50. The maximum atomic E-state index is 4.74. The largest absolute Gasteiger partial charge is 0.357 e. The van der Waals surface area contributed by atoms with Crippen LogP contribution < -0.4 is 10.6 Å². The number of aliphatic imine (C=N–C) groups is 1. The van der Waals surface area contributed by atoms with Crippen molar-refractivity contribution in [3.8, 4) is 0 Å². The van der Waals surface area contributed by atoms with Gasteiger partial charge in [-0.15, -0.1) is 24.0 Å². The minimum absolute atomic E-state index is 0. The molecule has 0 unspecified atom stereocenters. The number of nitrogens with one attached hydrogen (secondary N) is 2. The standard InChI is InChI=1S/C21H31BrN6.HI/c1-2-24-21(25-10-3-12-28-15-11-23-17-28)26-20-8-13-27(14-9-20)16-18-4-6-19(22)7-5-18;/h4-7,11,15,17,20H,2-3,8-10,12-14,16H2,1H3,(H2,24,25,26);1H. The number of piperidine rings is 1. The van der Waals surface area contributed by atoms with Crippen molar-refractivity contribution in [1.82, 2.24) is 25.1 Å². The van der Waals surface area contributed by atoms with Crippen LogP contribution in [0.15, 0.2) is 52.5 Å². The van der Waals surface area contributed by atoms with Crippen LogP contribution in [-0.4, -0.2) is 52.6 Å². The molecule has 0 atom stereocenters. The van der Waals surface area contributed by atoms with Crippen molar-refractivity contribution in [2.24, 2.45) is 4.99 Å². The van der Waals surface area contributed by atoms with Crippen LogP contribution in [0.4, 0.5) is 0 Å². The first-order chi connectivity index (χ1) is 13.7. The molecule has 8 heteroatoms. The molecule has 1 aromatic heterocycles. The summed E-state index contributed by atoms with van der Waals surface area (Å²) in [6.45, 7) is 8.04.